The first-order valence-electron chi connectivity index (χ1n) is 6.15. The molecule has 1 aromatic carbocycles. The first-order chi connectivity index (χ1) is 10.0. The molecule has 2 heterocycles. The van der Waals surface area contributed by atoms with Gasteiger partial charge in [0.25, 0.3) is 5.56 Å². The minimum Gasteiger partial charge on any atom is -0.331 e. The second-order valence-electron chi connectivity index (χ2n) is 4.59. The van der Waals surface area contributed by atoms with Gasteiger partial charge in [-0.05, 0) is 19.1 Å². The number of halogens is 2. The van der Waals surface area contributed by atoms with Crippen molar-refractivity contribution in [1.29, 1.82) is 0 Å². The molecule has 2 aromatic heterocycles. The maximum absolute atomic E-state index is 12.8. The molecule has 0 saturated carbocycles. The van der Waals surface area contributed by atoms with Gasteiger partial charge in [0.2, 0.25) is 0 Å². The largest absolute Gasteiger partial charge is 0.331 e. The van der Waals surface area contributed by atoms with Crippen molar-refractivity contribution in [3.8, 4) is 5.82 Å². The van der Waals surface area contributed by atoms with E-state index >= 15 is 0 Å². The SMILES string of the molecule is C[C@H](N)c1nc2c(Cl)ccc(Cl)c2c(=O)n1-c1cnc[nH]1. The zero-order chi connectivity index (χ0) is 15.1. The first kappa shape index (κ1) is 14.1. The maximum atomic E-state index is 12.8. The third-order valence-corrected chi connectivity index (χ3v) is 3.70. The third kappa shape index (κ3) is 2.21. The second kappa shape index (κ2) is 5.14. The number of hydrogen-bond acceptors (Lipinski definition) is 4. The fraction of sp³-hybridized carbons (Fsp3) is 0.154. The molecule has 0 fully saturated rings. The van der Waals surface area contributed by atoms with E-state index in [0.29, 0.717) is 22.2 Å². The standard InChI is InChI=1S/C13H11Cl2N5O/c1-6(16)12-19-11-8(15)3-2-7(14)10(11)13(21)20(12)9-4-17-5-18-9/h2-6H,16H2,1H3,(H,17,18)/t6-/m0/s1. The quantitative estimate of drug-likeness (QED) is 0.757. The molecule has 0 radical (unpaired) electrons. The molecule has 3 aromatic rings. The average molecular weight is 324 g/mol. The van der Waals surface area contributed by atoms with Crippen LogP contribution >= 0.6 is 23.2 Å². The van der Waals surface area contributed by atoms with Crippen LogP contribution in [0.3, 0.4) is 0 Å². The number of imidazole rings is 1. The molecule has 0 aliphatic rings. The van der Waals surface area contributed by atoms with Gasteiger partial charge in [0.15, 0.2) is 0 Å². The van der Waals surface area contributed by atoms with Gasteiger partial charge in [-0.1, -0.05) is 23.2 Å². The second-order valence-corrected chi connectivity index (χ2v) is 5.40. The summed E-state index contributed by atoms with van der Waals surface area (Å²) in [6.07, 6.45) is 2.98. The summed E-state index contributed by atoms with van der Waals surface area (Å²) in [5.74, 6) is 0.846. The third-order valence-electron chi connectivity index (χ3n) is 3.08. The van der Waals surface area contributed by atoms with Crippen molar-refractivity contribution in [3.63, 3.8) is 0 Å². The summed E-state index contributed by atoms with van der Waals surface area (Å²) in [6.45, 7) is 1.74. The van der Waals surface area contributed by atoms with E-state index in [-0.39, 0.29) is 16.0 Å². The Kier molecular flexibility index (Phi) is 3.44. The Morgan fingerprint density at radius 3 is 2.67 bits per heavy atom. The number of nitrogens with one attached hydrogen (secondary N) is 1. The molecule has 0 unspecified atom stereocenters. The van der Waals surface area contributed by atoms with Crippen molar-refractivity contribution in [3.05, 3.63) is 50.9 Å². The Morgan fingerprint density at radius 2 is 2.05 bits per heavy atom. The van der Waals surface area contributed by atoms with Gasteiger partial charge >= 0.3 is 0 Å². The molecule has 6 nitrogen and oxygen atoms in total. The lowest BCUT2D eigenvalue weighted by Gasteiger charge is -2.15. The van der Waals surface area contributed by atoms with Gasteiger partial charge in [0.05, 0.1) is 39.5 Å². The number of H-pyrrole nitrogens is 1. The van der Waals surface area contributed by atoms with Crippen molar-refractivity contribution >= 4 is 34.1 Å². The number of rotatable bonds is 2. The Labute approximate surface area is 129 Å². The van der Waals surface area contributed by atoms with E-state index in [9.17, 15) is 4.79 Å². The van der Waals surface area contributed by atoms with E-state index < -0.39 is 6.04 Å². The number of aromatic amines is 1. The highest BCUT2D eigenvalue weighted by atomic mass is 35.5. The molecule has 8 heteroatoms. The van der Waals surface area contributed by atoms with Crippen molar-refractivity contribution in [2.45, 2.75) is 13.0 Å². The van der Waals surface area contributed by atoms with Gasteiger partial charge in [-0.25, -0.2) is 14.5 Å². The van der Waals surface area contributed by atoms with Crippen molar-refractivity contribution in [2.75, 3.05) is 0 Å². The van der Waals surface area contributed by atoms with Gasteiger partial charge in [-0.15, -0.1) is 0 Å². The first-order valence-corrected chi connectivity index (χ1v) is 6.91. The van der Waals surface area contributed by atoms with Gasteiger partial charge < -0.3 is 10.7 Å². The van der Waals surface area contributed by atoms with Crippen molar-refractivity contribution in [2.24, 2.45) is 5.73 Å². The summed E-state index contributed by atoms with van der Waals surface area (Å²) in [7, 11) is 0. The van der Waals surface area contributed by atoms with Crippen LogP contribution in [-0.4, -0.2) is 19.5 Å². The highest BCUT2D eigenvalue weighted by molar-refractivity contribution is 6.39. The topological polar surface area (TPSA) is 89.6 Å². The van der Waals surface area contributed by atoms with Crippen LogP contribution in [0.2, 0.25) is 10.0 Å². The number of aromatic nitrogens is 4. The summed E-state index contributed by atoms with van der Waals surface area (Å²) in [6, 6.07) is 2.70. The van der Waals surface area contributed by atoms with E-state index in [1.807, 2.05) is 0 Å². The fourth-order valence-corrected chi connectivity index (χ4v) is 2.58. The molecule has 0 aliphatic heterocycles. The molecule has 1 atom stereocenters. The molecule has 0 amide bonds. The van der Waals surface area contributed by atoms with Gasteiger partial charge in [-0.2, -0.15) is 0 Å². The van der Waals surface area contributed by atoms with E-state index in [1.54, 1.807) is 19.1 Å². The number of benzene rings is 1. The van der Waals surface area contributed by atoms with Gasteiger partial charge in [0.1, 0.15) is 11.6 Å². The zero-order valence-electron chi connectivity index (χ0n) is 11.0. The molecule has 21 heavy (non-hydrogen) atoms. The van der Waals surface area contributed by atoms with Crippen LogP contribution in [0, 0.1) is 0 Å². The Morgan fingerprint density at radius 1 is 1.33 bits per heavy atom. The van der Waals surface area contributed by atoms with Crippen LogP contribution < -0.4 is 11.3 Å². The Bertz CT molecular complexity index is 870. The minimum atomic E-state index is -0.472. The van der Waals surface area contributed by atoms with Crippen LogP contribution in [0.25, 0.3) is 16.7 Å². The summed E-state index contributed by atoms with van der Waals surface area (Å²) in [4.78, 5) is 24.0. The van der Waals surface area contributed by atoms with Crippen LogP contribution in [0.15, 0.2) is 29.5 Å². The Hall–Kier alpha value is -1.89. The zero-order valence-corrected chi connectivity index (χ0v) is 12.5. The molecule has 0 aliphatic carbocycles. The highest BCUT2D eigenvalue weighted by Gasteiger charge is 2.19. The van der Waals surface area contributed by atoms with Crippen LogP contribution in [0.1, 0.15) is 18.8 Å². The average Bonchev–Trinajstić information content (AvgIpc) is 2.95. The predicted octanol–water partition coefficient (Wildman–Crippen LogP) is 2.44. The van der Waals surface area contributed by atoms with Crippen molar-refractivity contribution in [1.82, 2.24) is 19.5 Å². The van der Waals surface area contributed by atoms with E-state index in [0.717, 1.165) is 0 Å². The molecular weight excluding hydrogens is 313 g/mol. The van der Waals surface area contributed by atoms with Crippen molar-refractivity contribution < 1.29 is 0 Å². The summed E-state index contributed by atoms with van der Waals surface area (Å²) in [5.41, 5.74) is 5.94. The minimum absolute atomic E-state index is 0.253. The summed E-state index contributed by atoms with van der Waals surface area (Å²) in [5, 5.41) is 0.893. The molecular formula is C13H11Cl2N5O. The monoisotopic (exact) mass is 323 g/mol. The van der Waals surface area contributed by atoms with Crippen LogP contribution in [0.5, 0.6) is 0 Å². The number of fused-ring (bicyclic) bond motifs is 1. The van der Waals surface area contributed by atoms with E-state index in [1.165, 1.54) is 17.1 Å². The smallest absolute Gasteiger partial charge is 0.268 e. The summed E-state index contributed by atoms with van der Waals surface area (Å²) < 4.78 is 1.36. The van der Waals surface area contributed by atoms with Crippen LogP contribution in [0.4, 0.5) is 0 Å². The van der Waals surface area contributed by atoms with Gasteiger partial charge in [-0.3, -0.25) is 4.79 Å². The maximum Gasteiger partial charge on any atom is 0.268 e. The fourth-order valence-electron chi connectivity index (χ4n) is 2.14. The predicted molar refractivity (Wildman–Crippen MR) is 82.1 cm³/mol. The van der Waals surface area contributed by atoms with E-state index in [4.69, 9.17) is 28.9 Å². The number of nitrogens with two attached hydrogens (primary N) is 1. The van der Waals surface area contributed by atoms with Crippen LogP contribution in [-0.2, 0) is 0 Å². The molecule has 3 rings (SSSR count). The normalized spacial score (nSPS) is 12.8. The highest BCUT2D eigenvalue weighted by Crippen LogP contribution is 2.27. The molecule has 0 bridgehead atoms. The molecule has 108 valence electrons. The Balaban J connectivity index is 2.52. The summed E-state index contributed by atoms with van der Waals surface area (Å²) >= 11 is 12.3. The lowest BCUT2D eigenvalue weighted by molar-refractivity contribution is 0.690. The molecule has 0 spiro atoms. The number of nitrogens with zero attached hydrogens (tertiary/aromatic N) is 3. The molecule has 3 N–H and O–H groups in total. The van der Waals surface area contributed by atoms with Gasteiger partial charge in [0, 0.05) is 0 Å². The lowest BCUT2D eigenvalue weighted by atomic mass is 10.2. The van der Waals surface area contributed by atoms with E-state index in [2.05, 4.69) is 15.0 Å². The lowest BCUT2D eigenvalue weighted by Crippen LogP contribution is -2.28. The molecule has 0 saturated heterocycles. The number of hydrogen-bond donors (Lipinski definition) is 2.